The highest BCUT2D eigenvalue weighted by Crippen LogP contribution is 2.40. The summed E-state index contributed by atoms with van der Waals surface area (Å²) in [5.41, 5.74) is -3.29. The molecular formula is C3H2F2OS2. The fraction of sp³-hybridized carbons (Fsp3) is 0.667. The van der Waals surface area contributed by atoms with Crippen molar-refractivity contribution in [3.8, 4) is 0 Å². The molecule has 0 saturated carbocycles. The number of rotatable bonds is 0. The molecule has 1 aliphatic heterocycles. The van der Waals surface area contributed by atoms with Crippen LogP contribution in [0.1, 0.15) is 0 Å². The third kappa shape index (κ3) is 1.14. The van der Waals surface area contributed by atoms with Gasteiger partial charge in [0.2, 0.25) is 0 Å². The van der Waals surface area contributed by atoms with Gasteiger partial charge in [-0.05, 0) is 23.5 Å². The maximum atomic E-state index is 11.9. The molecule has 1 saturated heterocycles. The highest BCUT2D eigenvalue weighted by Gasteiger charge is 2.34. The molecule has 0 amide bonds. The molecule has 0 aliphatic carbocycles. The van der Waals surface area contributed by atoms with Crippen molar-refractivity contribution in [3.63, 3.8) is 0 Å². The van der Waals surface area contributed by atoms with Crippen molar-refractivity contribution in [2.45, 2.75) is 11.0 Å². The molecule has 2 atom stereocenters. The maximum absolute atomic E-state index is 11.9. The van der Waals surface area contributed by atoms with Crippen LogP contribution in [0, 0.1) is 0 Å². The van der Waals surface area contributed by atoms with Crippen LogP contribution in [0.25, 0.3) is 0 Å². The lowest BCUT2D eigenvalue weighted by atomic mass is 10.8. The molecule has 1 rings (SSSR count). The van der Waals surface area contributed by atoms with Crippen molar-refractivity contribution in [2.24, 2.45) is 0 Å². The Balaban J connectivity index is 2.51. The largest absolute Gasteiger partial charge is 0.274 e. The Morgan fingerprint density at radius 2 is 1.62 bits per heavy atom. The van der Waals surface area contributed by atoms with Crippen LogP contribution < -0.4 is 0 Å². The van der Waals surface area contributed by atoms with Gasteiger partial charge in [0.25, 0.3) is 4.45 Å². The van der Waals surface area contributed by atoms with E-state index in [4.69, 9.17) is 0 Å². The van der Waals surface area contributed by atoms with Gasteiger partial charge in [-0.15, -0.1) is 0 Å². The summed E-state index contributed by atoms with van der Waals surface area (Å²) >= 11 is 0.822. The first kappa shape index (κ1) is 6.35. The summed E-state index contributed by atoms with van der Waals surface area (Å²) < 4.78 is 23.4. The summed E-state index contributed by atoms with van der Waals surface area (Å²) in [6, 6.07) is 0. The van der Waals surface area contributed by atoms with Crippen molar-refractivity contribution < 1.29 is 13.6 Å². The van der Waals surface area contributed by atoms with Gasteiger partial charge in [0, 0.05) is 0 Å². The van der Waals surface area contributed by atoms with Crippen LogP contribution in [0.4, 0.5) is 13.6 Å². The third-order valence-corrected chi connectivity index (χ3v) is 2.69. The van der Waals surface area contributed by atoms with E-state index in [1.54, 1.807) is 0 Å². The summed E-state index contributed by atoms with van der Waals surface area (Å²) in [6.07, 6.45) is 0. The van der Waals surface area contributed by atoms with E-state index in [9.17, 15) is 13.6 Å². The van der Waals surface area contributed by atoms with Gasteiger partial charge in [0.15, 0.2) is 11.0 Å². The normalized spacial score (nSPS) is 38.5. The van der Waals surface area contributed by atoms with Crippen LogP contribution in [0.3, 0.4) is 0 Å². The second kappa shape index (κ2) is 2.23. The molecule has 0 bridgehead atoms. The lowest BCUT2D eigenvalue weighted by Gasteiger charge is -1.92. The molecule has 46 valence electrons. The first-order valence-electron chi connectivity index (χ1n) is 1.85. The molecule has 1 heterocycles. The lowest BCUT2D eigenvalue weighted by Crippen LogP contribution is -2.00. The third-order valence-electron chi connectivity index (χ3n) is 0.624. The number of thioether (sulfide) groups is 2. The SMILES string of the molecule is O=C1SC(F)C(F)S1. The molecule has 0 spiro atoms. The Morgan fingerprint density at radius 3 is 1.75 bits per heavy atom. The van der Waals surface area contributed by atoms with Crippen molar-refractivity contribution in [3.05, 3.63) is 0 Å². The predicted octanol–water partition coefficient (Wildman–Crippen LogP) is 2.18. The second-order valence-electron chi connectivity index (χ2n) is 1.19. The smallest absolute Gasteiger partial charge is 0.251 e. The summed E-state index contributed by atoms with van der Waals surface area (Å²) in [7, 11) is 0. The van der Waals surface area contributed by atoms with Gasteiger partial charge in [0.05, 0.1) is 0 Å². The number of hydrogen-bond donors (Lipinski definition) is 0. The van der Waals surface area contributed by atoms with E-state index < -0.39 is 15.5 Å². The lowest BCUT2D eigenvalue weighted by molar-refractivity contribution is 0.276. The fourth-order valence-corrected chi connectivity index (χ4v) is 2.01. The van der Waals surface area contributed by atoms with Crippen molar-refractivity contribution in [1.29, 1.82) is 0 Å². The molecule has 5 heteroatoms. The van der Waals surface area contributed by atoms with E-state index in [2.05, 4.69) is 0 Å². The monoisotopic (exact) mass is 156 g/mol. The Labute approximate surface area is 53.2 Å². The second-order valence-corrected chi connectivity index (χ2v) is 3.56. The Bertz CT molecular complexity index is 106. The summed E-state index contributed by atoms with van der Waals surface area (Å²) in [5.74, 6) is 0. The number of halogens is 2. The zero-order valence-corrected chi connectivity index (χ0v) is 5.27. The molecule has 0 aromatic heterocycles. The summed E-state index contributed by atoms with van der Waals surface area (Å²) in [4.78, 5) is 10.1. The molecule has 1 aliphatic rings. The summed E-state index contributed by atoms with van der Waals surface area (Å²) in [5, 5.41) is 0. The van der Waals surface area contributed by atoms with Gasteiger partial charge in [0.1, 0.15) is 0 Å². The molecule has 0 aromatic carbocycles. The summed E-state index contributed by atoms with van der Waals surface area (Å²) in [6.45, 7) is 0. The Morgan fingerprint density at radius 1 is 1.25 bits per heavy atom. The van der Waals surface area contributed by atoms with Crippen LogP contribution in [-0.2, 0) is 0 Å². The number of alkyl halides is 2. The van der Waals surface area contributed by atoms with Crippen LogP contribution >= 0.6 is 23.5 Å². The van der Waals surface area contributed by atoms with Gasteiger partial charge < -0.3 is 0 Å². The van der Waals surface area contributed by atoms with E-state index in [-0.39, 0.29) is 0 Å². The van der Waals surface area contributed by atoms with E-state index >= 15 is 0 Å². The average Bonchev–Trinajstić information content (AvgIpc) is 1.85. The van der Waals surface area contributed by atoms with E-state index in [1.807, 2.05) is 0 Å². The van der Waals surface area contributed by atoms with Gasteiger partial charge in [-0.2, -0.15) is 0 Å². The standard InChI is InChI=1S/C3H2F2OS2/c4-1-2(5)8-3(6)7-1/h1-2H. The molecule has 2 unspecified atom stereocenters. The van der Waals surface area contributed by atoms with Crippen LogP contribution in [0.2, 0.25) is 0 Å². The quantitative estimate of drug-likeness (QED) is 0.535. The molecule has 0 radical (unpaired) electrons. The zero-order chi connectivity index (χ0) is 6.15. The minimum atomic E-state index is -1.65. The highest BCUT2D eigenvalue weighted by atomic mass is 32.2. The molecule has 1 fully saturated rings. The number of carbonyl (C=O) groups excluding carboxylic acids is 1. The minimum Gasteiger partial charge on any atom is -0.274 e. The Kier molecular flexibility index (Phi) is 1.77. The molecule has 0 N–H and O–H groups in total. The minimum absolute atomic E-state index is 0.411. The van der Waals surface area contributed by atoms with Crippen LogP contribution in [0.5, 0.6) is 0 Å². The topological polar surface area (TPSA) is 17.1 Å². The fourth-order valence-electron chi connectivity index (χ4n) is 0.319. The van der Waals surface area contributed by atoms with Gasteiger partial charge in [-0.25, -0.2) is 8.78 Å². The average molecular weight is 156 g/mol. The van der Waals surface area contributed by atoms with Crippen molar-refractivity contribution in [1.82, 2.24) is 0 Å². The predicted molar refractivity (Wildman–Crippen MR) is 30.4 cm³/mol. The van der Waals surface area contributed by atoms with Gasteiger partial charge in [-0.3, -0.25) is 4.79 Å². The highest BCUT2D eigenvalue weighted by molar-refractivity contribution is 8.41. The van der Waals surface area contributed by atoms with Crippen molar-refractivity contribution >= 4 is 28.0 Å². The van der Waals surface area contributed by atoms with E-state index in [1.165, 1.54) is 0 Å². The number of carbonyl (C=O) groups is 1. The molecule has 1 nitrogen and oxygen atoms in total. The van der Waals surface area contributed by atoms with Gasteiger partial charge in [-0.1, -0.05) is 0 Å². The zero-order valence-electron chi connectivity index (χ0n) is 3.64. The van der Waals surface area contributed by atoms with Crippen LogP contribution in [-0.4, -0.2) is 15.5 Å². The Hall–Kier alpha value is 0.230. The maximum Gasteiger partial charge on any atom is 0.251 e. The first-order valence-corrected chi connectivity index (χ1v) is 3.61. The first-order chi connectivity index (χ1) is 3.70. The van der Waals surface area contributed by atoms with E-state index in [0.717, 1.165) is 0 Å². The molecular weight excluding hydrogens is 154 g/mol. The van der Waals surface area contributed by atoms with Crippen molar-refractivity contribution in [2.75, 3.05) is 0 Å². The van der Waals surface area contributed by atoms with Crippen LogP contribution in [0.15, 0.2) is 0 Å². The van der Waals surface area contributed by atoms with Gasteiger partial charge >= 0.3 is 0 Å². The molecule has 0 aromatic rings. The van der Waals surface area contributed by atoms with E-state index in [0.29, 0.717) is 23.5 Å². The molecule has 8 heavy (non-hydrogen) atoms. The number of hydrogen-bond acceptors (Lipinski definition) is 3.